The summed E-state index contributed by atoms with van der Waals surface area (Å²) in [5.74, 6) is -67.5. The van der Waals surface area contributed by atoms with Crippen LogP contribution in [-0.2, 0) is 77.0 Å². The SMILES string of the molecule is O=C(O[C@@H]1O[C@@H]2COOC(=O)c3cc(O)c(O)c(O)c3-c3c(cc(Oc4c(C(=O)O[C@H]5[C@H](OC(=O)c6cc(O)c(O)c(O)c6)O[C@@H]6COOC(=O)c7cc(O)c(O)c(O)c7-c7c(cc(O)c(O)c7O)C(=O)OO[C@H]6[C@@H]5OC(=O)c5cc(O)c(O)c(O)c5)cc(O)c(O)c4O)c(O)c3O)C(=O)OO[C@H]2[C@H](OC(=O)c2cc(O)c(O)c(O)c2)[C@H]1OC(=O)c1cc(O)c(O)c(O)c1)c1cc(O)c(O)c(O)c1. The van der Waals surface area contributed by atoms with Gasteiger partial charge in [-0.3, -0.25) is 19.6 Å². The van der Waals surface area contributed by atoms with Crippen molar-refractivity contribution < 1.29 is 278 Å². The van der Waals surface area contributed by atoms with Gasteiger partial charge in [-0.2, -0.15) is 19.6 Å². The monoisotopic (exact) mass is 1940 g/mol. The first-order valence-electron chi connectivity index (χ1n) is 37.7. The van der Waals surface area contributed by atoms with Crippen LogP contribution < -0.4 is 4.74 Å². The van der Waals surface area contributed by atoms with Gasteiger partial charge in [0, 0.05) is 34.4 Å². The summed E-state index contributed by atoms with van der Waals surface area (Å²) >= 11 is 0. The number of ether oxygens (including phenoxy) is 9. The van der Waals surface area contributed by atoms with E-state index in [1.54, 1.807) is 0 Å². The average Bonchev–Trinajstić information content (AvgIpc) is 1.05. The number of benzene rings is 10. The molecule has 0 bridgehead atoms. The molecule has 2 fully saturated rings. The fourth-order valence-corrected chi connectivity index (χ4v) is 13.7. The standard InChI is InChI=1S/C82H58O56/c83-28-1-18(2-29(84)49(28)97)71(112)127-67-65-43(125-81(131-74(115)21-7-34(89)52(100)35(90)8-21)69(67)129-73(114)20-5-32(87)51(99)33(88)6-20)16-122-136-78(119)24-12-39(94)55(103)60(108)46(24)48-26(80(121)138-134-65)15-42(58(106)62(48)110)124-64-27(14-41(96)57(105)63(64)111)76(117)130-70-68(128-72(113)19-3-30(85)50(98)31(86)4-19)66-44(126-82(70)132-75(116)22-9-36(91)53(101)37(92)10-22)17-123-135-77(118)23-11-38(93)54(102)59(107)45(23)47-25(79(120)137-133-66)13-40(95)56(104)61(47)109/h1-15,43-44,65-70,81-111H,16-17H2/t43-,44-,65-,66-,67+,68+,69-,70-,81+,82+/m1/s1. The zero-order valence-electron chi connectivity index (χ0n) is 67.3. The summed E-state index contributed by atoms with van der Waals surface area (Å²) < 4.78 is 51.4. The number of phenols is 29. The van der Waals surface area contributed by atoms with Crippen molar-refractivity contribution in [3.8, 4) is 200 Å². The van der Waals surface area contributed by atoms with Gasteiger partial charge in [-0.15, -0.1) is 0 Å². The number of aromatic hydroxyl groups is 29. The molecule has 0 unspecified atom stereocenters. The molecule has 4 aliphatic rings. The fourth-order valence-electron chi connectivity index (χ4n) is 13.7. The molecule has 10 aromatic rings. The number of esters is 6. The van der Waals surface area contributed by atoms with Crippen LogP contribution in [-0.4, -0.2) is 282 Å². The Morgan fingerprint density at radius 2 is 0.486 bits per heavy atom. The van der Waals surface area contributed by atoms with Crippen molar-refractivity contribution in [1.82, 2.24) is 0 Å². The highest BCUT2D eigenvalue weighted by Crippen LogP contribution is 2.58. The molecule has 138 heavy (non-hydrogen) atoms. The molecule has 0 radical (unpaired) electrons. The highest BCUT2D eigenvalue weighted by molar-refractivity contribution is 6.10. The van der Waals surface area contributed by atoms with Crippen molar-refractivity contribution in [3.63, 3.8) is 0 Å². The molecule has 0 aliphatic carbocycles. The molecule has 0 saturated carbocycles. The lowest BCUT2D eigenvalue weighted by Gasteiger charge is -2.43. The minimum Gasteiger partial charge on any atom is -0.504 e. The van der Waals surface area contributed by atoms with E-state index < -0.39 is 390 Å². The second-order valence-electron chi connectivity index (χ2n) is 29.0. The van der Waals surface area contributed by atoms with Gasteiger partial charge in [-0.1, -0.05) is 0 Å². The molecule has 29 N–H and O–H groups in total. The van der Waals surface area contributed by atoms with Crippen molar-refractivity contribution in [3.05, 3.63) is 147 Å². The van der Waals surface area contributed by atoms with Gasteiger partial charge in [0.05, 0.1) is 50.1 Å². The molecule has 4 aliphatic heterocycles. The zero-order chi connectivity index (χ0) is 101. The third kappa shape index (κ3) is 17.5. The fraction of sp³-hybridized carbons (Fsp3) is 0.146. The predicted molar refractivity (Wildman–Crippen MR) is 419 cm³/mol. The molecule has 10 atom stereocenters. The van der Waals surface area contributed by atoms with Crippen molar-refractivity contribution in [1.29, 1.82) is 0 Å². The summed E-state index contributed by atoms with van der Waals surface area (Å²) in [7, 11) is 0. The van der Waals surface area contributed by atoms with Crippen LogP contribution in [0.1, 0.15) is 104 Å². The van der Waals surface area contributed by atoms with Gasteiger partial charge in [-0.05, 0) is 78.9 Å². The quantitative estimate of drug-likeness (QED) is 0.0321. The van der Waals surface area contributed by atoms with E-state index in [9.17, 15) is 186 Å². The summed E-state index contributed by atoms with van der Waals surface area (Å²) in [4.78, 5) is 188. The Balaban J connectivity index is 0.912. The van der Waals surface area contributed by atoms with E-state index in [1.165, 1.54) is 0 Å². The van der Waals surface area contributed by atoms with Gasteiger partial charge in [-0.25, -0.2) is 47.9 Å². The topological polar surface area (TPSA) is 914 Å². The van der Waals surface area contributed by atoms with Gasteiger partial charge >= 0.3 is 59.7 Å². The van der Waals surface area contributed by atoms with Crippen LogP contribution in [0.4, 0.5) is 0 Å². The van der Waals surface area contributed by atoms with Crippen LogP contribution in [0.2, 0.25) is 0 Å². The Morgan fingerprint density at radius 1 is 0.246 bits per heavy atom. The summed E-state index contributed by atoms with van der Waals surface area (Å²) in [6.07, 6.45) is -28.8. The molecular weight excluding hydrogens is 1880 g/mol. The Labute approximate surface area is 756 Å². The summed E-state index contributed by atoms with van der Waals surface area (Å²) in [5.41, 5.74) is -18.4. The van der Waals surface area contributed by atoms with E-state index in [0.717, 1.165) is 0 Å². The minimum atomic E-state index is -3.16. The van der Waals surface area contributed by atoms with Gasteiger partial charge in [0.15, 0.2) is 168 Å². The highest BCUT2D eigenvalue weighted by atomic mass is 17.2. The highest BCUT2D eigenvalue weighted by Gasteiger charge is 2.58. The van der Waals surface area contributed by atoms with Gasteiger partial charge in [0.1, 0.15) is 31.0 Å². The van der Waals surface area contributed by atoms with E-state index in [0.29, 0.717) is 60.7 Å². The first-order valence-corrected chi connectivity index (χ1v) is 37.7. The lowest BCUT2D eigenvalue weighted by Crippen LogP contribution is -2.63. The maximum atomic E-state index is 15.7. The van der Waals surface area contributed by atoms with Gasteiger partial charge in [0.2, 0.25) is 59.3 Å². The van der Waals surface area contributed by atoms with Crippen molar-refractivity contribution in [2.75, 3.05) is 13.2 Å². The van der Waals surface area contributed by atoms with Crippen LogP contribution in [0.25, 0.3) is 22.3 Å². The zero-order valence-corrected chi connectivity index (χ0v) is 67.3. The van der Waals surface area contributed by atoms with E-state index in [2.05, 4.69) is 0 Å². The molecule has 56 nitrogen and oxygen atoms in total. The normalized spacial score (nSPS) is 19.2. The van der Waals surface area contributed by atoms with E-state index in [1.807, 2.05) is 0 Å². The van der Waals surface area contributed by atoms with Crippen LogP contribution in [0.15, 0.2) is 91.0 Å². The maximum absolute atomic E-state index is 15.7. The smallest absolute Gasteiger partial charge is 0.374 e. The lowest BCUT2D eigenvalue weighted by atomic mass is 9.92. The lowest BCUT2D eigenvalue weighted by molar-refractivity contribution is -0.376. The Kier molecular flexibility index (Phi) is 25.0. The van der Waals surface area contributed by atoms with Crippen LogP contribution >= 0.6 is 0 Å². The number of fused-ring (bicyclic) bond motifs is 8. The summed E-state index contributed by atoms with van der Waals surface area (Å²) in [6, 6.07) is 4.53. The Bertz CT molecular complexity index is 6720. The van der Waals surface area contributed by atoms with Gasteiger partial charge < -0.3 is 191 Å². The first kappa shape index (κ1) is 94.8. The molecule has 14 rings (SSSR count). The Hall–Kier alpha value is -19.3. The van der Waals surface area contributed by atoms with Crippen LogP contribution in [0, 0.1) is 0 Å². The third-order valence-electron chi connectivity index (χ3n) is 20.4. The van der Waals surface area contributed by atoms with Crippen LogP contribution in [0.5, 0.6) is 178 Å². The molecule has 10 aromatic carbocycles. The number of phenolic OH excluding ortho intramolecular Hbond substituents is 29. The van der Waals surface area contributed by atoms with E-state index in [4.69, 9.17) is 81.7 Å². The maximum Gasteiger partial charge on any atom is 0.374 e. The van der Waals surface area contributed by atoms with Crippen LogP contribution in [0.3, 0.4) is 0 Å². The molecule has 0 aromatic heterocycles. The third-order valence-corrected chi connectivity index (χ3v) is 20.4. The largest absolute Gasteiger partial charge is 0.504 e. The number of hydrogen-bond donors (Lipinski definition) is 29. The average molecular weight is 1940 g/mol. The second-order valence-corrected chi connectivity index (χ2v) is 29.0. The number of hydrogen-bond acceptors (Lipinski definition) is 56. The molecule has 0 amide bonds. The van der Waals surface area contributed by atoms with Crippen molar-refractivity contribution in [2.24, 2.45) is 0 Å². The predicted octanol–water partition coefficient (Wildman–Crippen LogP) is 3.46. The minimum absolute atomic E-state index is 0.0174. The molecule has 722 valence electrons. The summed E-state index contributed by atoms with van der Waals surface area (Å²) in [6.45, 7) is -3.16. The van der Waals surface area contributed by atoms with Gasteiger partial charge in [0.25, 0.3) is 0 Å². The number of rotatable bonds is 14. The Morgan fingerprint density at radius 3 is 0.790 bits per heavy atom. The molecule has 56 heteroatoms. The molecule has 2 saturated heterocycles. The molecular formula is C82H58O56. The molecule has 0 spiro atoms. The summed E-state index contributed by atoms with van der Waals surface area (Å²) in [5, 5.41) is 315. The number of carbonyl (C=O) groups excluding carboxylic acids is 10. The van der Waals surface area contributed by atoms with E-state index >= 15 is 9.59 Å². The van der Waals surface area contributed by atoms with Crippen molar-refractivity contribution >= 4 is 59.7 Å². The van der Waals surface area contributed by atoms with Crippen molar-refractivity contribution in [2.45, 2.75) is 61.4 Å². The first-order chi connectivity index (χ1) is 65.0. The number of carbonyl (C=O) groups is 10. The second kappa shape index (κ2) is 36.4. The van der Waals surface area contributed by atoms with E-state index in [-0.39, 0.29) is 30.3 Å². The molecule has 4 heterocycles.